The molecule has 0 spiro atoms. The Morgan fingerprint density at radius 1 is 1.00 bits per heavy atom. The number of benzene rings is 1. The van der Waals surface area contributed by atoms with Crippen LogP contribution in [0.1, 0.15) is 57.1 Å². The number of hydrogen-bond donors (Lipinski definition) is 1. The lowest BCUT2D eigenvalue weighted by molar-refractivity contribution is 0.186. The standard InChI is InChI=1S/C21H33N3O/c1-3-17-9-8-10-18(4-2)20(17)23-13-15-24(16-14-23)21(25)22-19-11-6-5-7-12-19/h8-10,19H,3-7,11-16H2,1-2H3,(H,22,25). The highest BCUT2D eigenvalue weighted by Gasteiger charge is 2.25. The minimum absolute atomic E-state index is 0.144. The second-order valence-electron chi connectivity index (χ2n) is 7.39. The highest BCUT2D eigenvalue weighted by molar-refractivity contribution is 5.75. The van der Waals surface area contributed by atoms with Gasteiger partial charge in [-0.25, -0.2) is 4.79 Å². The van der Waals surface area contributed by atoms with E-state index in [2.05, 4.69) is 42.3 Å². The van der Waals surface area contributed by atoms with Gasteiger partial charge in [0.25, 0.3) is 0 Å². The molecule has 138 valence electrons. The van der Waals surface area contributed by atoms with Gasteiger partial charge in [0.2, 0.25) is 0 Å². The average molecular weight is 344 g/mol. The summed E-state index contributed by atoms with van der Waals surface area (Å²) in [5, 5.41) is 3.26. The van der Waals surface area contributed by atoms with Crippen LogP contribution >= 0.6 is 0 Å². The predicted molar refractivity (Wildman–Crippen MR) is 104 cm³/mol. The van der Waals surface area contributed by atoms with Crippen LogP contribution in [0.4, 0.5) is 10.5 Å². The van der Waals surface area contributed by atoms with Crippen molar-refractivity contribution in [3.63, 3.8) is 0 Å². The summed E-state index contributed by atoms with van der Waals surface area (Å²) in [5.74, 6) is 0. The van der Waals surface area contributed by atoms with Crippen molar-refractivity contribution >= 4 is 11.7 Å². The number of anilines is 1. The zero-order valence-electron chi connectivity index (χ0n) is 15.9. The molecule has 2 aliphatic rings. The first-order chi connectivity index (χ1) is 12.2. The molecule has 1 saturated carbocycles. The minimum Gasteiger partial charge on any atom is -0.368 e. The zero-order chi connectivity index (χ0) is 17.6. The number of carbonyl (C=O) groups is 1. The Kier molecular flexibility index (Phi) is 6.22. The molecule has 4 nitrogen and oxygen atoms in total. The van der Waals surface area contributed by atoms with Crippen LogP contribution in [-0.2, 0) is 12.8 Å². The quantitative estimate of drug-likeness (QED) is 0.898. The SMILES string of the molecule is CCc1cccc(CC)c1N1CCN(C(=O)NC2CCCCC2)CC1. The first-order valence-electron chi connectivity index (χ1n) is 10.1. The van der Waals surface area contributed by atoms with Gasteiger partial charge in [-0.3, -0.25) is 0 Å². The van der Waals surface area contributed by atoms with Gasteiger partial charge in [0.1, 0.15) is 0 Å². The maximum absolute atomic E-state index is 12.6. The van der Waals surface area contributed by atoms with E-state index in [1.165, 1.54) is 36.1 Å². The summed E-state index contributed by atoms with van der Waals surface area (Å²) in [7, 11) is 0. The van der Waals surface area contributed by atoms with Crippen LogP contribution in [0.3, 0.4) is 0 Å². The summed E-state index contributed by atoms with van der Waals surface area (Å²) in [6.45, 7) is 7.96. The minimum atomic E-state index is 0.144. The molecule has 1 N–H and O–H groups in total. The summed E-state index contributed by atoms with van der Waals surface area (Å²) >= 11 is 0. The summed E-state index contributed by atoms with van der Waals surface area (Å²) in [4.78, 5) is 17.0. The van der Waals surface area contributed by atoms with Crippen LogP contribution < -0.4 is 10.2 Å². The van der Waals surface area contributed by atoms with Crippen molar-refractivity contribution in [2.45, 2.75) is 64.8 Å². The van der Waals surface area contributed by atoms with Crippen LogP contribution in [0.15, 0.2) is 18.2 Å². The van der Waals surface area contributed by atoms with E-state index < -0.39 is 0 Å². The fraction of sp³-hybridized carbons (Fsp3) is 0.667. The molecule has 1 aromatic rings. The van der Waals surface area contributed by atoms with Gasteiger partial charge < -0.3 is 15.1 Å². The highest BCUT2D eigenvalue weighted by atomic mass is 16.2. The first-order valence-corrected chi connectivity index (χ1v) is 10.1. The molecule has 0 radical (unpaired) electrons. The molecule has 1 aliphatic heterocycles. The van der Waals surface area contributed by atoms with Crippen molar-refractivity contribution < 1.29 is 4.79 Å². The molecule has 0 bridgehead atoms. The monoisotopic (exact) mass is 343 g/mol. The molecular formula is C21H33N3O. The Hall–Kier alpha value is -1.71. The first kappa shape index (κ1) is 18.1. The summed E-state index contributed by atoms with van der Waals surface area (Å²) in [6.07, 6.45) is 8.25. The van der Waals surface area contributed by atoms with Crippen molar-refractivity contribution in [2.24, 2.45) is 0 Å². The van der Waals surface area contributed by atoms with E-state index in [9.17, 15) is 4.79 Å². The lowest BCUT2D eigenvalue weighted by Crippen LogP contribution is -2.54. The molecular weight excluding hydrogens is 310 g/mol. The van der Waals surface area contributed by atoms with Gasteiger partial charge in [-0.2, -0.15) is 0 Å². The highest BCUT2D eigenvalue weighted by Crippen LogP contribution is 2.28. The van der Waals surface area contributed by atoms with Gasteiger partial charge >= 0.3 is 6.03 Å². The van der Waals surface area contributed by atoms with Gasteiger partial charge in [0.05, 0.1) is 0 Å². The molecule has 1 heterocycles. The van der Waals surface area contributed by atoms with Crippen molar-refractivity contribution in [1.82, 2.24) is 10.2 Å². The normalized spacial score (nSPS) is 19.1. The van der Waals surface area contributed by atoms with Crippen molar-refractivity contribution in [1.29, 1.82) is 0 Å². The van der Waals surface area contributed by atoms with Crippen molar-refractivity contribution in [3.05, 3.63) is 29.3 Å². The summed E-state index contributed by atoms with van der Waals surface area (Å²) < 4.78 is 0. The zero-order valence-corrected chi connectivity index (χ0v) is 15.9. The number of para-hydroxylation sites is 1. The van der Waals surface area contributed by atoms with E-state index >= 15 is 0 Å². The number of aryl methyl sites for hydroxylation is 2. The molecule has 1 saturated heterocycles. The third kappa shape index (κ3) is 4.28. The average Bonchev–Trinajstić information content (AvgIpc) is 2.68. The Labute approximate surface area is 152 Å². The number of nitrogens with one attached hydrogen (secondary N) is 1. The number of rotatable bonds is 4. The number of carbonyl (C=O) groups excluding carboxylic acids is 1. The molecule has 3 rings (SSSR count). The number of piperazine rings is 1. The van der Waals surface area contributed by atoms with Crippen LogP contribution in [0.2, 0.25) is 0 Å². The molecule has 0 aromatic heterocycles. The topological polar surface area (TPSA) is 35.6 Å². The third-order valence-corrected chi connectivity index (χ3v) is 5.78. The van der Waals surface area contributed by atoms with Crippen LogP contribution in [0, 0.1) is 0 Å². The fourth-order valence-electron chi connectivity index (χ4n) is 4.27. The van der Waals surface area contributed by atoms with Gasteiger partial charge in [-0.15, -0.1) is 0 Å². The Bertz CT molecular complexity index is 550. The second-order valence-corrected chi connectivity index (χ2v) is 7.39. The van der Waals surface area contributed by atoms with Crippen molar-refractivity contribution in [3.8, 4) is 0 Å². The molecule has 2 amide bonds. The van der Waals surface area contributed by atoms with Gasteiger partial charge in [0.15, 0.2) is 0 Å². The van der Waals surface area contributed by atoms with E-state index in [0.29, 0.717) is 6.04 Å². The number of amides is 2. The lowest BCUT2D eigenvalue weighted by Gasteiger charge is -2.38. The molecule has 1 aromatic carbocycles. The van der Waals surface area contributed by atoms with Crippen LogP contribution in [-0.4, -0.2) is 43.2 Å². The number of hydrogen-bond acceptors (Lipinski definition) is 2. The van der Waals surface area contributed by atoms with E-state index in [-0.39, 0.29) is 6.03 Å². The molecule has 1 aliphatic carbocycles. The number of nitrogens with zero attached hydrogens (tertiary/aromatic N) is 2. The smallest absolute Gasteiger partial charge is 0.317 e. The van der Waals surface area contributed by atoms with Gasteiger partial charge in [-0.1, -0.05) is 51.3 Å². The van der Waals surface area contributed by atoms with E-state index in [4.69, 9.17) is 0 Å². The Balaban J connectivity index is 1.59. The Morgan fingerprint density at radius 3 is 2.16 bits per heavy atom. The third-order valence-electron chi connectivity index (χ3n) is 5.78. The predicted octanol–water partition coefficient (Wildman–Crippen LogP) is 3.98. The molecule has 2 fully saturated rings. The molecule has 0 atom stereocenters. The van der Waals surface area contributed by atoms with E-state index in [1.54, 1.807) is 0 Å². The van der Waals surface area contributed by atoms with E-state index in [0.717, 1.165) is 51.9 Å². The van der Waals surface area contributed by atoms with E-state index in [1.807, 2.05) is 4.90 Å². The summed E-state index contributed by atoms with van der Waals surface area (Å²) in [5.41, 5.74) is 4.28. The largest absolute Gasteiger partial charge is 0.368 e. The van der Waals surface area contributed by atoms with Crippen LogP contribution in [0.25, 0.3) is 0 Å². The summed E-state index contributed by atoms with van der Waals surface area (Å²) in [6, 6.07) is 7.21. The number of urea groups is 1. The second kappa shape index (κ2) is 8.59. The van der Waals surface area contributed by atoms with Crippen LogP contribution in [0.5, 0.6) is 0 Å². The molecule has 0 unspecified atom stereocenters. The molecule has 25 heavy (non-hydrogen) atoms. The maximum atomic E-state index is 12.6. The molecule has 4 heteroatoms. The fourth-order valence-corrected chi connectivity index (χ4v) is 4.27. The Morgan fingerprint density at radius 2 is 1.60 bits per heavy atom. The van der Waals surface area contributed by atoms with Crippen molar-refractivity contribution in [2.75, 3.05) is 31.1 Å². The maximum Gasteiger partial charge on any atom is 0.317 e. The lowest BCUT2D eigenvalue weighted by atomic mass is 9.96. The van der Waals surface area contributed by atoms with Gasteiger partial charge in [0, 0.05) is 37.9 Å². The van der Waals surface area contributed by atoms with Gasteiger partial charge in [-0.05, 0) is 36.8 Å².